The van der Waals surface area contributed by atoms with Gasteiger partial charge in [0.25, 0.3) is 0 Å². The maximum Gasteiger partial charge on any atom is 0.315 e. The summed E-state index contributed by atoms with van der Waals surface area (Å²) in [6.45, 7) is 1.91. The number of carbonyl (C=O) groups excluding carboxylic acids is 3. The largest absolute Gasteiger partial charge is 0.334 e. The number of nitrogens with one attached hydrogen (secondary N) is 4. The third-order valence-corrected chi connectivity index (χ3v) is 4.35. The molecule has 0 radical (unpaired) electrons. The van der Waals surface area contributed by atoms with Crippen molar-refractivity contribution in [3.63, 3.8) is 0 Å². The van der Waals surface area contributed by atoms with Gasteiger partial charge in [-0.3, -0.25) is 9.59 Å². The molecule has 0 bridgehead atoms. The number of nitrogens with zero attached hydrogens (tertiary/aromatic N) is 3. The highest BCUT2D eigenvalue weighted by Gasteiger charge is 2.15. The van der Waals surface area contributed by atoms with Crippen LogP contribution < -0.4 is 21.3 Å². The molecule has 31 heavy (non-hydrogen) atoms. The fraction of sp³-hybridized carbons (Fsp3) is 0.190. The van der Waals surface area contributed by atoms with Crippen molar-refractivity contribution in [2.75, 3.05) is 17.2 Å². The average molecular weight is 421 g/mol. The molecular formula is C21H23N7O3. The summed E-state index contributed by atoms with van der Waals surface area (Å²) >= 11 is 0. The van der Waals surface area contributed by atoms with Crippen molar-refractivity contribution in [2.45, 2.75) is 19.5 Å². The van der Waals surface area contributed by atoms with E-state index in [0.29, 0.717) is 17.9 Å². The van der Waals surface area contributed by atoms with Crippen molar-refractivity contribution >= 4 is 29.2 Å². The smallest absolute Gasteiger partial charge is 0.315 e. The highest BCUT2D eigenvalue weighted by Crippen LogP contribution is 2.15. The Morgan fingerprint density at radius 1 is 0.935 bits per heavy atom. The van der Waals surface area contributed by atoms with E-state index >= 15 is 0 Å². The average Bonchev–Trinajstić information content (AvgIpc) is 3.32. The van der Waals surface area contributed by atoms with E-state index in [1.807, 2.05) is 30.3 Å². The van der Waals surface area contributed by atoms with Gasteiger partial charge in [0.2, 0.25) is 11.8 Å². The van der Waals surface area contributed by atoms with Crippen LogP contribution in [0.4, 0.5) is 16.2 Å². The van der Waals surface area contributed by atoms with Gasteiger partial charge >= 0.3 is 6.03 Å². The van der Waals surface area contributed by atoms with E-state index in [4.69, 9.17) is 0 Å². The minimum atomic E-state index is -0.513. The molecule has 4 N–H and O–H groups in total. The molecule has 1 unspecified atom stereocenters. The quantitative estimate of drug-likeness (QED) is 0.441. The number of amides is 4. The number of anilines is 2. The molecule has 0 spiro atoms. The molecule has 0 saturated carbocycles. The third kappa shape index (κ3) is 6.67. The molecular weight excluding hydrogens is 398 g/mol. The predicted octanol–water partition coefficient (Wildman–Crippen LogP) is 1.92. The summed E-state index contributed by atoms with van der Waals surface area (Å²) in [5, 5.41) is 14.6. The predicted molar refractivity (Wildman–Crippen MR) is 115 cm³/mol. The molecule has 0 saturated heterocycles. The Kier molecular flexibility index (Phi) is 7.30. The van der Waals surface area contributed by atoms with Gasteiger partial charge < -0.3 is 21.3 Å². The zero-order valence-corrected chi connectivity index (χ0v) is 16.9. The van der Waals surface area contributed by atoms with Crippen LogP contribution in [0, 0.1) is 0 Å². The van der Waals surface area contributed by atoms with Crippen LogP contribution in [0.25, 0.3) is 0 Å². The number of urea groups is 1. The molecule has 0 fully saturated rings. The summed E-state index contributed by atoms with van der Waals surface area (Å²) in [6.07, 6.45) is 2.84. The summed E-state index contributed by atoms with van der Waals surface area (Å²) in [5.41, 5.74) is 2.08. The number of carbonyl (C=O) groups is 3. The molecule has 3 rings (SSSR count). The lowest BCUT2D eigenvalue weighted by Gasteiger charge is -2.12. The second kappa shape index (κ2) is 10.5. The Morgan fingerprint density at radius 2 is 1.61 bits per heavy atom. The van der Waals surface area contributed by atoms with E-state index in [1.165, 1.54) is 17.3 Å². The molecule has 0 aliphatic carbocycles. The Balaban J connectivity index is 1.40. The van der Waals surface area contributed by atoms with Crippen LogP contribution in [0.3, 0.4) is 0 Å². The first-order chi connectivity index (χ1) is 15.0. The fourth-order valence-corrected chi connectivity index (χ4v) is 2.63. The van der Waals surface area contributed by atoms with Gasteiger partial charge in [0.1, 0.15) is 18.7 Å². The van der Waals surface area contributed by atoms with Gasteiger partial charge in [-0.2, -0.15) is 5.10 Å². The summed E-state index contributed by atoms with van der Waals surface area (Å²) in [7, 11) is 0. The van der Waals surface area contributed by atoms with E-state index in [0.717, 1.165) is 5.56 Å². The van der Waals surface area contributed by atoms with Crippen LogP contribution in [0.15, 0.2) is 67.3 Å². The van der Waals surface area contributed by atoms with Crippen LogP contribution in [0.5, 0.6) is 0 Å². The maximum absolute atomic E-state index is 12.3. The first-order valence-electron chi connectivity index (χ1n) is 9.62. The highest BCUT2D eigenvalue weighted by atomic mass is 16.2. The number of rotatable bonds is 8. The lowest BCUT2D eigenvalue weighted by Crippen LogP contribution is -2.39. The van der Waals surface area contributed by atoms with E-state index < -0.39 is 12.1 Å². The molecule has 4 amide bonds. The minimum absolute atomic E-state index is 0.172. The lowest BCUT2D eigenvalue weighted by molar-refractivity contribution is -0.119. The summed E-state index contributed by atoms with van der Waals surface area (Å²) < 4.78 is 1.45. The maximum atomic E-state index is 12.3. The first-order valence-corrected chi connectivity index (χ1v) is 9.62. The molecule has 160 valence electrons. The van der Waals surface area contributed by atoms with Crippen LogP contribution in [-0.2, 0) is 16.1 Å². The van der Waals surface area contributed by atoms with Crippen LogP contribution in [-0.4, -0.2) is 39.2 Å². The fourth-order valence-electron chi connectivity index (χ4n) is 2.63. The molecule has 10 nitrogen and oxygen atoms in total. The number of aromatic nitrogens is 3. The second-order valence-electron chi connectivity index (χ2n) is 6.69. The number of hydrogen-bond donors (Lipinski definition) is 4. The first kappa shape index (κ1) is 21.5. The summed E-state index contributed by atoms with van der Waals surface area (Å²) in [4.78, 5) is 39.9. The van der Waals surface area contributed by atoms with Crippen molar-refractivity contribution in [1.29, 1.82) is 0 Å². The molecule has 1 aromatic heterocycles. The number of hydrogen-bond acceptors (Lipinski definition) is 5. The van der Waals surface area contributed by atoms with E-state index in [9.17, 15) is 14.4 Å². The van der Waals surface area contributed by atoms with Crippen LogP contribution in [0.2, 0.25) is 0 Å². The SMILES string of the molecule is CC(C(=O)Nc1ccc(NC(=O)CNC(=O)NCc2ccccc2)cc1)n1cncn1. The Bertz CT molecular complexity index is 1010. The molecule has 1 atom stereocenters. The summed E-state index contributed by atoms with van der Waals surface area (Å²) in [5.74, 6) is -0.612. The van der Waals surface area contributed by atoms with Crippen LogP contribution >= 0.6 is 0 Å². The van der Waals surface area contributed by atoms with Crippen molar-refractivity contribution in [3.05, 3.63) is 72.8 Å². The van der Waals surface area contributed by atoms with Gasteiger partial charge in [-0.15, -0.1) is 0 Å². The topological polar surface area (TPSA) is 130 Å². The third-order valence-electron chi connectivity index (χ3n) is 4.35. The minimum Gasteiger partial charge on any atom is -0.334 e. The molecule has 2 aromatic carbocycles. The lowest BCUT2D eigenvalue weighted by atomic mass is 10.2. The van der Waals surface area contributed by atoms with Crippen LogP contribution in [0.1, 0.15) is 18.5 Å². The van der Waals surface area contributed by atoms with E-state index in [2.05, 4.69) is 31.3 Å². The Labute approximate surface area is 179 Å². The molecule has 0 aliphatic heterocycles. The molecule has 10 heteroatoms. The van der Waals surface area contributed by atoms with E-state index in [1.54, 1.807) is 31.2 Å². The normalized spacial score (nSPS) is 11.3. The van der Waals surface area contributed by atoms with Gasteiger partial charge in [0, 0.05) is 17.9 Å². The van der Waals surface area contributed by atoms with Gasteiger partial charge in [0.05, 0.1) is 6.54 Å². The van der Waals surface area contributed by atoms with Crippen molar-refractivity contribution in [1.82, 2.24) is 25.4 Å². The highest BCUT2D eigenvalue weighted by molar-refractivity contribution is 5.95. The number of benzene rings is 2. The molecule has 0 aliphatic rings. The monoisotopic (exact) mass is 421 g/mol. The molecule has 3 aromatic rings. The molecule has 1 heterocycles. The zero-order chi connectivity index (χ0) is 22.1. The van der Waals surface area contributed by atoms with Gasteiger partial charge in [-0.1, -0.05) is 30.3 Å². The van der Waals surface area contributed by atoms with E-state index in [-0.39, 0.29) is 18.4 Å². The second-order valence-corrected chi connectivity index (χ2v) is 6.69. The Morgan fingerprint density at radius 3 is 2.26 bits per heavy atom. The standard InChI is InChI=1S/C21H23N7O3/c1-15(28-14-22-13-25-28)20(30)27-18-9-7-17(8-10-18)26-19(29)12-24-21(31)23-11-16-5-3-2-4-6-16/h2-10,13-15H,11-12H2,1H3,(H,26,29)(H,27,30)(H2,23,24,31). The Hall–Kier alpha value is -4.21. The van der Waals surface area contributed by atoms with Crippen molar-refractivity contribution < 1.29 is 14.4 Å². The van der Waals surface area contributed by atoms with Gasteiger partial charge in [0.15, 0.2) is 0 Å². The zero-order valence-electron chi connectivity index (χ0n) is 16.9. The van der Waals surface area contributed by atoms with Gasteiger partial charge in [-0.25, -0.2) is 14.5 Å². The van der Waals surface area contributed by atoms with Crippen molar-refractivity contribution in [3.8, 4) is 0 Å². The summed E-state index contributed by atoms with van der Waals surface area (Å²) in [6, 6.07) is 15.2. The van der Waals surface area contributed by atoms with Crippen molar-refractivity contribution in [2.24, 2.45) is 0 Å². The van der Waals surface area contributed by atoms with Gasteiger partial charge in [-0.05, 0) is 36.8 Å².